The second kappa shape index (κ2) is 15.6. The number of nitro benzene ring substituents is 1. The number of carbonyl (C=O) groups is 2. The van der Waals surface area contributed by atoms with Crippen molar-refractivity contribution in [3.63, 3.8) is 0 Å². The first-order valence-electron chi connectivity index (χ1n) is 15.6. The second-order valence-corrected chi connectivity index (χ2v) is 14.0. The molecule has 11 nitrogen and oxygen atoms in total. The van der Waals surface area contributed by atoms with Crippen molar-refractivity contribution < 1.29 is 27.7 Å². The number of nitrogens with one attached hydrogen (secondary N) is 1. The lowest BCUT2D eigenvalue weighted by Gasteiger charge is -2.35. The van der Waals surface area contributed by atoms with Gasteiger partial charge in [-0.1, -0.05) is 68.1 Å². The number of hydrogen-bond acceptors (Lipinski definition) is 7. The summed E-state index contributed by atoms with van der Waals surface area (Å²) in [6.07, 6.45) is 5.14. The average Bonchev–Trinajstić information content (AvgIpc) is 3.04. The average molecular weight is 685 g/mol. The molecule has 0 aromatic heterocycles. The number of nitro groups is 1. The summed E-state index contributed by atoms with van der Waals surface area (Å²) in [5, 5.41) is 15.0. The maximum absolute atomic E-state index is 14.5. The lowest BCUT2D eigenvalue weighted by atomic mass is 9.95. The zero-order valence-electron chi connectivity index (χ0n) is 27.1. The van der Waals surface area contributed by atoms with Gasteiger partial charge in [0.15, 0.2) is 0 Å². The van der Waals surface area contributed by atoms with Gasteiger partial charge in [-0.2, -0.15) is 0 Å². The minimum absolute atomic E-state index is 0.00522. The van der Waals surface area contributed by atoms with Gasteiger partial charge in [0.1, 0.15) is 18.3 Å². The standard InChI is InChI=1S/C34H41ClN4O7S/c1-5-29(34(41)36-27-13-7-6-8-14-27)37(21-25-12-10-9-11-23(25)2)33(40)22-38(31-19-26(35)16-18-32(31)46-4)47(44,45)28-17-15-24(3)30(20-28)39(42)43/h9-12,15-20,27,29H,5-8,13-14,21-22H2,1-4H3,(H,36,41)/t29-/m1/s1. The number of carbonyl (C=O) groups excluding carboxylic acids is 2. The zero-order valence-corrected chi connectivity index (χ0v) is 28.6. The summed E-state index contributed by atoms with van der Waals surface area (Å²) in [7, 11) is -3.27. The summed E-state index contributed by atoms with van der Waals surface area (Å²) in [5.74, 6) is -0.837. The Hall–Kier alpha value is -4.16. The molecule has 13 heteroatoms. The van der Waals surface area contributed by atoms with E-state index in [1.807, 2.05) is 38.1 Å². The predicted molar refractivity (Wildman–Crippen MR) is 181 cm³/mol. The fourth-order valence-electron chi connectivity index (χ4n) is 5.88. The molecule has 0 aliphatic heterocycles. The Morgan fingerprint density at radius 2 is 1.74 bits per heavy atom. The van der Waals surface area contributed by atoms with Crippen LogP contribution in [-0.2, 0) is 26.2 Å². The Kier molecular flexibility index (Phi) is 11.9. The van der Waals surface area contributed by atoms with Crippen LogP contribution in [0.15, 0.2) is 65.6 Å². The van der Waals surface area contributed by atoms with Crippen LogP contribution in [0.1, 0.15) is 62.1 Å². The Labute approximate surface area is 281 Å². The van der Waals surface area contributed by atoms with E-state index in [1.54, 1.807) is 0 Å². The Balaban J connectivity index is 1.81. The molecular formula is C34H41ClN4O7S. The number of methoxy groups -OCH3 is 1. The number of halogens is 1. The summed E-state index contributed by atoms with van der Waals surface area (Å²) >= 11 is 6.32. The van der Waals surface area contributed by atoms with Gasteiger partial charge in [-0.05, 0) is 68.5 Å². The largest absolute Gasteiger partial charge is 0.495 e. The van der Waals surface area contributed by atoms with Gasteiger partial charge in [-0.25, -0.2) is 8.42 Å². The van der Waals surface area contributed by atoms with Crippen molar-refractivity contribution in [1.29, 1.82) is 0 Å². The van der Waals surface area contributed by atoms with Gasteiger partial charge in [0.25, 0.3) is 15.7 Å². The fraction of sp³-hybridized carbons (Fsp3) is 0.412. The number of sulfonamides is 1. The van der Waals surface area contributed by atoms with Gasteiger partial charge in [-0.15, -0.1) is 0 Å². The number of anilines is 1. The molecule has 2 amide bonds. The van der Waals surface area contributed by atoms with Gasteiger partial charge < -0.3 is 15.0 Å². The van der Waals surface area contributed by atoms with Crippen LogP contribution in [0.4, 0.5) is 11.4 Å². The lowest BCUT2D eigenvalue weighted by molar-refractivity contribution is -0.385. The topological polar surface area (TPSA) is 139 Å². The van der Waals surface area contributed by atoms with Crippen molar-refractivity contribution in [3.8, 4) is 5.75 Å². The van der Waals surface area contributed by atoms with Crippen molar-refractivity contribution in [2.75, 3.05) is 18.0 Å². The molecular weight excluding hydrogens is 644 g/mol. The third-order valence-corrected chi connectivity index (χ3v) is 10.6. The van der Waals surface area contributed by atoms with Gasteiger partial charge in [0, 0.05) is 29.2 Å². The van der Waals surface area contributed by atoms with Crippen LogP contribution < -0.4 is 14.4 Å². The van der Waals surface area contributed by atoms with Gasteiger partial charge >= 0.3 is 0 Å². The van der Waals surface area contributed by atoms with Crippen molar-refractivity contribution in [2.24, 2.45) is 0 Å². The predicted octanol–water partition coefficient (Wildman–Crippen LogP) is 6.33. The molecule has 1 aliphatic rings. The molecule has 4 rings (SSSR count). The van der Waals surface area contributed by atoms with Crippen molar-refractivity contribution in [2.45, 2.75) is 82.8 Å². The van der Waals surface area contributed by atoms with E-state index in [0.29, 0.717) is 0 Å². The Bertz CT molecular complexity index is 1730. The molecule has 1 atom stereocenters. The molecule has 3 aromatic carbocycles. The second-order valence-electron chi connectivity index (χ2n) is 11.7. The summed E-state index contributed by atoms with van der Waals surface area (Å²) < 4.78 is 35.0. The maximum atomic E-state index is 14.5. The number of ether oxygens (including phenoxy) is 1. The Morgan fingerprint density at radius 1 is 1.04 bits per heavy atom. The number of amides is 2. The molecule has 1 aliphatic carbocycles. The monoisotopic (exact) mass is 684 g/mol. The fourth-order valence-corrected chi connectivity index (χ4v) is 7.48. The number of benzene rings is 3. The highest BCUT2D eigenvalue weighted by atomic mass is 35.5. The van der Waals surface area contributed by atoms with Crippen LogP contribution in [0.25, 0.3) is 0 Å². The number of rotatable bonds is 13. The van der Waals surface area contributed by atoms with E-state index in [2.05, 4.69) is 5.32 Å². The zero-order chi connectivity index (χ0) is 34.3. The molecule has 3 aromatic rings. The highest BCUT2D eigenvalue weighted by Gasteiger charge is 2.36. The van der Waals surface area contributed by atoms with Gasteiger partial charge in [0.05, 0.1) is 22.6 Å². The first kappa shape index (κ1) is 35.7. The SMILES string of the molecule is CC[C@H](C(=O)NC1CCCCC1)N(Cc1ccccc1C)C(=O)CN(c1cc(Cl)ccc1OC)S(=O)(=O)c1ccc(C)c([N+](=O)[O-])c1. The van der Waals surface area contributed by atoms with E-state index in [9.17, 15) is 28.1 Å². The molecule has 0 heterocycles. The maximum Gasteiger partial charge on any atom is 0.273 e. The number of hydrogen-bond donors (Lipinski definition) is 1. The van der Waals surface area contributed by atoms with Crippen molar-refractivity contribution in [3.05, 3.63) is 92.5 Å². The lowest BCUT2D eigenvalue weighted by Crippen LogP contribution is -2.54. The number of aryl methyl sites for hydroxylation is 2. The quantitative estimate of drug-likeness (QED) is 0.164. The molecule has 0 bridgehead atoms. The molecule has 0 radical (unpaired) electrons. The van der Waals surface area contributed by atoms with E-state index in [-0.39, 0.29) is 52.6 Å². The molecule has 1 fully saturated rings. The summed E-state index contributed by atoms with van der Waals surface area (Å²) in [4.78, 5) is 40.4. The van der Waals surface area contributed by atoms with E-state index in [0.717, 1.165) is 53.6 Å². The third kappa shape index (κ3) is 8.41. The van der Waals surface area contributed by atoms with Crippen molar-refractivity contribution in [1.82, 2.24) is 10.2 Å². The van der Waals surface area contributed by atoms with Crippen LogP contribution in [0.2, 0.25) is 5.02 Å². The van der Waals surface area contributed by atoms with E-state index in [4.69, 9.17) is 16.3 Å². The van der Waals surface area contributed by atoms with E-state index >= 15 is 0 Å². The van der Waals surface area contributed by atoms with E-state index < -0.39 is 38.3 Å². The molecule has 0 unspecified atom stereocenters. The molecule has 1 N–H and O–H groups in total. The third-order valence-electron chi connectivity index (χ3n) is 8.59. The first-order valence-corrected chi connectivity index (χ1v) is 17.4. The first-order chi connectivity index (χ1) is 22.4. The number of nitrogens with zero attached hydrogens (tertiary/aromatic N) is 3. The van der Waals surface area contributed by atoms with Crippen LogP contribution >= 0.6 is 11.6 Å². The minimum Gasteiger partial charge on any atom is -0.495 e. The minimum atomic E-state index is -4.62. The van der Waals surface area contributed by atoms with Crippen molar-refractivity contribution >= 4 is 44.8 Å². The molecule has 252 valence electrons. The van der Waals surface area contributed by atoms with E-state index in [1.165, 1.54) is 49.3 Å². The molecule has 47 heavy (non-hydrogen) atoms. The van der Waals surface area contributed by atoms with Crippen LogP contribution in [-0.4, -0.2) is 55.8 Å². The van der Waals surface area contributed by atoms with Gasteiger partial charge in [-0.3, -0.25) is 24.0 Å². The smallest absolute Gasteiger partial charge is 0.273 e. The molecule has 1 saturated carbocycles. The van der Waals surface area contributed by atoms with Crippen LogP contribution in [0.3, 0.4) is 0 Å². The van der Waals surface area contributed by atoms with Crippen LogP contribution in [0.5, 0.6) is 5.75 Å². The summed E-state index contributed by atoms with van der Waals surface area (Å²) in [6.45, 7) is 4.53. The molecule has 0 spiro atoms. The summed E-state index contributed by atoms with van der Waals surface area (Å²) in [5.41, 5.74) is 1.56. The Morgan fingerprint density at radius 3 is 2.38 bits per heavy atom. The highest BCUT2D eigenvalue weighted by Crippen LogP contribution is 2.36. The van der Waals surface area contributed by atoms with Crippen LogP contribution in [0, 0.1) is 24.0 Å². The highest BCUT2D eigenvalue weighted by molar-refractivity contribution is 7.92. The normalized spacial score (nSPS) is 14.2. The summed E-state index contributed by atoms with van der Waals surface area (Å²) in [6, 6.07) is 14.5. The molecule has 0 saturated heterocycles. The van der Waals surface area contributed by atoms with Gasteiger partial charge in [0.2, 0.25) is 11.8 Å².